The number of aromatic nitrogens is 2. The third-order valence-electron chi connectivity index (χ3n) is 4.64. The molecule has 0 saturated carbocycles. The van der Waals surface area contributed by atoms with Crippen LogP contribution in [0, 0.1) is 0 Å². The smallest absolute Gasteiger partial charge is 0.257 e. The van der Waals surface area contributed by atoms with E-state index in [4.69, 9.17) is 4.74 Å². The first-order chi connectivity index (χ1) is 14.5. The van der Waals surface area contributed by atoms with E-state index in [1.54, 1.807) is 23.1 Å². The quantitative estimate of drug-likeness (QED) is 0.513. The highest BCUT2D eigenvalue weighted by Gasteiger charge is 2.22. The number of nitrogens with one attached hydrogen (secondary N) is 1. The first-order valence-corrected chi connectivity index (χ1v) is 12.6. The molecule has 0 bridgehead atoms. The summed E-state index contributed by atoms with van der Waals surface area (Å²) in [5.41, 5.74) is 4.52. The van der Waals surface area contributed by atoms with Crippen LogP contribution in [0.4, 0.5) is 5.13 Å². The fourth-order valence-corrected chi connectivity index (χ4v) is 5.58. The summed E-state index contributed by atoms with van der Waals surface area (Å²) in [5, 5.41) is 7.61. The molecule has 1 aliphatic rings. The number of hydrogen-bond donors (Lipinski definition) is 1. The molecule has 1 fully saturated rings. The van der Waals surface area contributed by atoms with E-state index in [-0.39, 0.29) is 18.1 Å². The number of morpholine rings is 1. The van der Waals surface area contributed by atoms with Crippen LogP contribution in [-0.2, 0) is 17.0 Å². The van der Waals surface area contributed by atoms with Crippen molar-refractivity contribution in [2.45, 2.75) is 43.2 Å². The molecule has 1 amide bonds. The van der Waals surface area contributed by atoms with Crippen LogP contribution >= 0.6 is 34.4 Å². The maximum Gasteiger partial charge on any atom is 0.257 e. The van der Waals surface area contributed by atoms with Gasteiger partial charge in [0.15, 0.2) is 5.13 Å². The Labute approximate surface area is 188 Å². The minimum absolute atomic E-state index is 0.138. The van der Waals surface area contributed by atoms with Crippen molar-refractivity contribution in [2.75, 3.05) is 18.4 Å². The second kappa shape index (κ2) is 10.0. The van der Waals surface area contributed by atoms with E-state index in [9.17, 15) is 4.79 Å². The summed E-state index contributed by atoms with van der Waals surface area (Å²) in [6, 6.07) is 7.65. The van der Waals surface area contributed by atoms with Crippen LogP contribution in [0.3, 0.4) is 0 Å². The zero-order valence-electron chi connectivity index (χ0n) is 16.9. The van der Waals surface area contributed by atoms with Crippen LogP contribution in [0.15, 0.2) is 45.4 Å². The Kier molecular flexibility index (Phi) is 7.16. The number of amides is 1. The first-order valence-electron chi connectivity index (χ1n) is 9.78. The van der Waals surface area contributed by atoms with Crippen molar-refractivity contribution in [3.05, 3.63) is 57.5 Å². The highest BCUT2D eigenvalue weighted by atomic mass is 32.2. The lowest BCUT2D eigenvalue weighted by atomic mass is 10.2. The lowest BCUT2D eigenvalue weighted by molar-refractivity contribution is -0.0707. The average molecular weight is 461 g/mol. The molecule has 1 saturated heterocycles. The van der Waals surface area contributed by atoms with Crippen molar-refractivity contribution < 1.29 is 9.53 Å². The van der Waals surface area contributed by atoms with Crippen molar-refractivity contribution in [1.29, 1.82) is 0 Å². The summed E-state index contributed by atoms with van der Waals surface area (Å²) in [4.78, 5) is 24.9. The van der Waals surface area contributed by atoms with Crippen LogP contribution < -0.4 is 5.32 Å². The molecule has 1 N–H and O–H groups in total. The second-order valence-corrected chi connectivity index (χ2v) is 9.97. The van der Waals surface area contributed by atoms with Crippen LogP contribution in [0.1, 0.15) is 35.6 Å². The molecule has 3 aromatic rings. The molecule has 4 rings (SSSR count). The van der Waals surface area contributed by atoms with Crippen molar-refractivity contribution in [3.8, 4) is 0 Å². The summed E-state index contributed by atoms with van der Waals surface area (Å²) in [5.74, 6) is 0.693. The SMILES string of the molecule is CC1CN(Cc2csc(NC(=O)c3ccc(SCc4cscn4)cc3)n2)CC(C)O1. The largest absolute Gasteiger partial charge is 0.373 e. The number of benzene rings is 1. The highest BCUT2D eigenvalue weighted by molar-refractivity contribution is 7.98. The number of thioether (sulfide) groups is 1. The Bertz CT molecular complexity index is 949. The van der Waals surface area contributed by atoms with Gasteiger partial charge in [0.2, 0.25) is 0 Å². The fourth-order valence-electron chi connectivity index (χ4n) is 3.42. The molecular weight excluding hydrogens is 436 g/mol. The molecule has 6 nitrogen and oxygen atoms in total. The predicted octanol–water partition coefficient (Wildman–Crippen LogP) is 4.75. The van der Waals surface area contributed by atoms with E-state index < -0.39 is 0 Å². The number of nitrogens with zero attached hydrogens (tertiary/aromatic N) is 3. The van der Waals surface area contributed by atoms with Gasteiger partial charge in [-0.25, -0.2) is 9.97 Å². The molecule has 30 heavy (non-hydrogen) atoms. The molecule has 1 aromatic carbocycles. The second-order valence-electron chi connectivity index (χ2n) is 7.34. The molecule has 1 aliphatic heterocycles. The maximum atomic E-state index is 12.6. The molecule has 0 aliphatic carbocycles. The summed E-state index contributed by atoms with van der Waals surface area (Å²) in [6.07, 6.45) is 0.461. The van der Waals surface area contributed by atoms with Gasteiger partial charge in [0.05, 0.1) is 29.1 Å². The van der Waals surface area contributed by atoms with E-state index in [1.165, 1.54) is 11.3 Å². The molecule has 2 unspecified atom stereocenters. The third kappa shape index (κ3) is 5.89. The molecular formula is C21H24N4O2S3. The summed E-state index contributed by atoms with van der Waals surface area (Å²) in [6.45, 7) is 6.76. The topological polar surface area (TPSA) is 67.4 Å². The van der Waals surface area contributed by atoms with Gasteiger partial charge in [0, 0.05) is 46.6 Å². The van der Waals surface area contributed by atoms with Crippen LogP contribution in [0.25, 0.3) is 0 Å². The summed E-state index contributed by atoms with van der Waals surface area (Å²) >= 11 is 4.78. The van der Waals surface area contributed by atoms with Crippen molar-refractivity contribution in [1.82, 2.24) is 14.9 Å². The van der Waals surface area contributed by atoms with Gasteiger partial charge in [0.1, 0.15) is 0 Å². The molecule has 2 aromatic heterocycles. The monoisotopic (exact) mass is 460 g/mol. The van der Waals surface area contributed by atoms with Crippen LogP contribution in [0.2, 0.25) is 0 Å². The number of carbonyl (C=O) groups excluding carboxylic acids is 1. The van der Waals surface area contributed by atoms with Gasteiger partial charge in [-0.1, -0.05) is 0 Å². The molecule has 0 radical (unpaired) electrons. The van der Waals surface area contributed by atoms with E-state index >= 15 is 0 Å². The van der Waals surface area contributed by atoms with Gasteiger partial charge in [-0.3, -0.25) is 15.0 Å². The van der Waals surface area contributed by atoms with E-state index in [1.807, 2.05) is 35.2 Å². The number of hydrogen-bond acceptors (Lipinski definition) is 8. The molecule has 3 heterocycles. The van der Waals surface area contributed by atoms with Gasteiger partial charge < -0.3 is 4.74 Å². The van der Waals surface area contributed by atoms with Crippen molar-refractivity contribution >= 4 is 45.5 Å². The van der Waals surface area contributed by atoms with Gasteiger partial charge >= 0.3 is 0 Å². The fraction of sp³-hybridized carbons (Fsp3) is 0.381. The minimum Gasteiger partial charge on any atom is -0.373 e. The van der Waals surface area contributed by atoms with Crippen LogP contribution in [-0.4, -0.2) is 46.1 Å². The van der Waals surface area contributed by atoms with Gasteiger partial charge in [0.25, 0.3) is 5.91 Å². The number of ether oxygens (including phenoxy) is 1. The van der Waals surface area contributed by atoms with Crippen molar-refractivity contribution in [2.24, 2.45) is 0 Å². The lowest BCUT2D eigenvalue weighted by Gasteiger charge is -2.34. The van der Waals surface area contributed by atoms with Gasteiger partial charge in [-0.15, -0.1) is 34.4 Å². The number of anilines is 1. The summed E-state index contributed by atoms with van der Waals surface area (Å²) in [7, 11) is 0. The number of rotatable bonds is 7. The third-order valence-corrected chi connectivity index (χ3v) is 7.13. The van der Waals surface area contributed by atoms with E-state index in [2.05, 4.69) is 39.4 Å². The van der Waals surface area contributed by atoms with Crippen molar-refractivity contribution in [3.63, 3.8) is 0 Å². The molecule has 9 heteroatoms. The molecule has 2 atom stereocenters. The average Bonchev–Trinajstić information content (AvgIpc) is 3.38. The molecule has 0 spiro atoms. The van der Waals surface area contributed by atoms with E-state index in [0.717, 1.165) is 41.7 Å². The zero-order chi connectivity index (χ0) is 20.9. The van der Waals surface area contributed by atoms with Gasteiger partial charge in [-0.2, -0.15) is 0 Å². The Hall–Kier alpha value is -1.78. The standard InChI is InChI=1S/C21H24N4O2S3/c1-14-7-25(8-15(2)27-14)9-17-11-30-21(23-17)24-20(26)16-3-5-19(6-4-16)29-12-18-10-28-13-22-18/h3-6,10-11,13-15H,7-9,12H2,1-2H3,(H,23,24,26). The zero-order valence-corrected chi connectivity index (χ0v) is 19.4. The Balaban J connectivity index is 1.29. The minimum atomic E-state index is -0.138. The lowest BCUT2D eigenvalue weighted by Crippen LogP contribution is -2.44. The Morgan fingerprint density at radius 2 is 1.97 bits per heavy atom. The predicted molar refractivity (Wildman–Crippen MR) is 123 cm³/mol. The first kappa shape index (κ1) is 21.5. The highest BCUT2D eigenvalue weighted by Crippen LogP contribution is 2.24. The van der Waals surface area contributed by atoms with Gasteiger partial charge in [-0.05, 0) is 38.1 Å². The number of thiazole rings is 2. The van der Waals surface area contributed by atoms with Crippen LogP contribution in [0.5, 0.6) is 0 Å². The molecule has 158 valence electrons. The number of carbonyl (C=O) groups is 1. The Morgan fingerprint density at radius 3 is 2.67 bits per heavy atom. The summed E-state index contributed by atoms with van der Waals surface area (Å²) < 4.78 is 5.78. The maximum absolute atomic E-state index is 12.6. The van der Waals surface area contributed by atoms with E-state index in [0.29, 0.717) is 10.7 Å². The normalized spacial score (nSPS) is 19.7. The Morgan fingerprint density at radius 1 is 1.20 bits per heavy atom.